The number of nitrogens with zero attached hydrogens (tertiary/aromatic N) is 2. The van der Waals surface area contributed by atoms with Crippen molar-refractivity contribution in [3.63, 3.8) is 0 Å². The predicted molar refractivity (Wildman–Crippen MR) is 45.7 cm³/mol. The van der Waals surface area contributed by atoms with Crippen LogP contribution in [0.1, 0.15) is 6.92 Å². The largest absolute Gasteiger partial charge is 0.351 e. The average Bonchev–Trinajstić information content (AvgIpc) is 2.47. The third-order valence-corrected chi connectivity index (χ3v) is 1.95. The van der Waals surface area contributed by atoms with Gasteiger partial charge in [-0.1, -0.05) is 0 Å². The molecule has 0 fully saturated rings. The van der Waals surface area contributed by atoms with Crippen LogP contribution >= 0.6 is 0 Å². The van der Waals surface area contributed by atoms with Gasteiger partial charge in [0.05, 0.1) is 12.4 Å². The van der Waals surface area contributed by atoms with E-state index in [2.05, 4.69) is 28.2 Å². The highest BCUT2D eigenvalue weighted by atomic mass is 15.3. The standard InChI is InChI=1S/C8H11N3/c1-2-11-6-10-8-7(11)4-3-5-9-8/h3-5H,2,6H2,1H3,(H,9,10). The molecule has 0 radical (unpaired) electrons. The summed E-state index contributed by atoms with van der Waals surface area (Å²) in [5.41, 5.74) is 1.22. The summed E-state index contributed by atoms with van der Waals surface area (Å²) in [5, 5.41) is 3.22. The number of pyridine rings is 1. The van der Waals surface area contributed by atoms with Crippen LogP contribution in [0.15, 0.2) is 18.3 Å². The molecule has 1 N–H and O–H groups in total. The van der Waals surface area contributed by atoms with E-state index in [1.165, 1.54) is 5.69 Å². The molecule has 3 heteroatoms. The maximum absolute atomic E-state index is 4.20. The number of anilines is 2. The van der Waals surface area contributed by atoms with Crippen LogP contribution in [0.2, 0.25) is 0 Å². The van der Waals surface area contributed by atoms with Gasteiger partial charge in [-0.3, -0.25) is 0 Å². The van der Waals surface area contributed by atoms with E-state index in [1.54, 1.807) is 0 Å². The summed E-state index contributed by atoms with van der Waals surface area (Å²) in [7, 11) is 0. The van der Waals surface area contributed by atoms with Gasteiger partial charge in [0.15, 0.2) is 5.82 Å². The summed E-state index contributed by atoms with van der Waals surface area (Å²) in [6, 6.07) is 4.06. The molecule has 0 bridgehead atoms. The summed E-state index contributed by atoms with van der Waals surface area (Å²) in [6.07, 6.45) is 1.81. The first-order valence-electron chi connectivity index (χ1n) is 3.85. The van der Waals surface area contributed by atoms with Crippen LogP contribution in [-0.2, 0) is 0 Å². The number of aromatic nitrogens is 1. The van der Waals surface area contributed by atoms with Crippen molar-refractivity contribution in [2.75, 3.05) is 23.4 Å². The van der Waals surface area contributed by atoms with E-state index in [0.717, 1.165) is 19.0 Å². The molecule has 0 atom stereocenters. The van der Waals surface area contributed by atoms with E-state index in [0.29, 0.717) is 0 Å². The van der Waals surface area contributed by atoms with Gasteiger partial charge in [0, 0.05) is 12.7 Å². The minimum absolute atomic E-state index is 0.892. The Labute approximate surface area is 66.0 Å². The van der Waals surface area contributed by atoms with Gasteiger partial charge in [0.2, 0.25) is 0 Å². The van der Waals surface area contributed by atoms with Crippen LogP contribution in [0.5, 0.6) is 0 Å². The number of fused-ring (bicyclic) bond motifs is 1. The molecule has 1 aliphatic rings. The normalized spacial score (nSPS) is 14.5. The van der Waals surface area contributed by atoms with Crippen molar-refractivity contribution in [3.05, 3.63) is 18.3 Å². The van der Waals surface area contributed by atoms with E-state index in [9.17, 15) is 0 Å². The molecule has 0 amide bonds. The Morgan fingerprint density at radius 1 is 1.73 bits per heavy atom. The average molecular weight is 149 g/mol. The zero-order valence-electron chi connectivity index (χ0n) is 6.54. The van der Waals surface area contributed by atoms with E-state index in [4.69, 9.17) is 0 Å². The molecule has 0 aliphatic carbocycles. The van der Waals surface area contributed by atoms with E-state index in [-0.39, 0.29) is 0 Å². The molecule has 3 nitrogen and oxygen atoms in total. The van der Waals surface area contributed by atoms with Gasteiger partial charge < -0.3 is 10.2 Å². The number of rotatable bonds is 1. The number of nitrogens with one attached hydrogen (secondary N) is 1. The van der Waals surface area contributed by atoms with Crippen LogP contribution < -0.4 is 10.2 Å². The number of hydrogen-bond donors (Lipinski definition) is 1. The molecule has 0 unspecified atom stereocenters. The molecule has 1 aromatic rings. The van der Waals surface area contributed by atoms with E-state index < -0.39 is 0 Å². The van der Waals surface area contributed by atoms with E-state index >= 15 is 0 Å². The van der Waals surface area contributed by atoms with Crippen molar-refractivity contribution in [1.82, 2.24) is 4.98 Å². The van der Waals surface area contributed by atoms with Crippen molar-refractivity contribution in [2.24, 2.45) is 0 Å². The van der Waals surface area contributed by atoms with E-state index in [1.807, 2.05) is 12.3 Å². The molecule has 0 saturated heterocycles. The summed E-state index contributed by atoms with van der Waals surface area (Å²) in [5.74, 6) is 1.01. The lowest BCUT2D eigenvalue weighted by Crippen LogP contribution is -2.21. The zero-order chi connectivity index (χ0) is 7.68. The van der Waals surface area contributed by atoms with Crippen molar-refractivity contribution >= 4 is 11.5 Å². The second kappa shape index (κ2) is 2.42. The smallest absolute Gasteiger partial charge is 0.150 e. The van der Waals surface area contributed by atoms with Crippen LogP contribution in [-0.4, -0.2) is 18.2 Å². The summed E-state index contributed by atoms with van der Waals surface area (Å²) >= 11 is 0. The lowest BCUT2D eigenvalue weighted by molar-refractivity contribution is 0.911. The third kappa shape index (κ3) is 0.926. The van der Waals surface area contributed by atoms with Crippen molar-refractivity contribution in [2.45, 2.75) is 6.92 Å². The van der Waals surface area contributed by atoms with Gasteiger partial charge in [0.1, 0.15) is 0 Å². The monoisotopic (exact) mass is 149 g/mol. The van der Waals surface area contributed by atoms with Crippen LogP contribution in [0.4, 0.5) is 11.5 Å². The van der Waals surface area contributed by atoms with Crippen LogP contribution in [0.3, 0.4) is 0 Å². The Balaban J connectivity index is 2.39. The topological polar surface area (TPSA) is 28.2 Å². The Morgan fingerprint density at radius 3 is 3.45 bits per heavy atom. The van der Waals surface area contributed by atoms with Crippen molar-refractivity contribution < 1.29 is 0 Å². The lowest BCUT2D eigenvalue weighted by Gasteiger charge is -2.13. The van der Waals surface area contributed by atoms with Crippen LogP contribution in [0, 0.1) is 0 Å². The fourth-order valence-electron chi connectivity index (χ4n) is 1.33. The van der Waals surface area contributed by atoms with Gasteiger partial charge >= 0.3 is 0 Å². The molecular formula is C8H11N3. The second-order valence-corrected chi connectivity index (χ2v) is 2.56. The van der Waals surface area contributed by atoms with Gasteiger partial charge in [0.25, 0.3) is 0 Å². The SMILES string of the molecule is CCN1CNc2ncccc21. The molecule has 0 saturated carbocycles. The first-order valence-corrected chi connectivity index (χ1v) is 3.85. The molecule has 0 spiro atoms. The Bertz CT molecular complexity index is 259. The molecular weight excluding hydrogens is 138 g/mol. The van der Waals surface area contributed by atoms with Gasteiger partial charge in [-0.15, -0.1) is 0 Å². The maximum Gasteiger partial charge on any atom is 0.150 e. The Morgan fingerprint density at radius 2 is 2.64 bits per heavy atom. The molecule has 1 aromatic heterocycles. The third-order valence-electron chi connectivity index (χ3n) is 1.95. The lowest BCUT2D eigenvalue weighted by atomic mass is 10.4. The molecule has 11 heavy (non-hydrogen) atoms. The minimum atomic E-state index is 0.892. The van der Waals surface area contributed by atoms with Gasteiger partial charge in [-0.2, -0.15) is 0 Å². The fraction of sp³-hybridized carbons (Fsp3) is 0.375. The van der Waals surface area contributed by atoms with Gasteiger partial charge in [-0.05, 0) is 19.1 Å². The Kier molecular flexibility index (Phi) is 1.42. The highest BCUT2D eigenvalue weighted by molar-refractivity contribution is 5.70. The summed E-state index contributed by atoms with van der Waals surface area (Å²) in [4.78, 5) is 6.46. The zero-order valence-corrected chi connectivity index (χ0v) is 6.54. The fourth-order valence-corrected chi connectivity index (χ4v) is 1.33. The minimum Gasteiger partial charge on any atom is -0.351 e. The van der Waals surface area contributed by atoms with Crippen molar-refractivity contribution in [3.8, 4) is 0 Å². The molecule has 2 rings (SSSR count). The molecule has 1 aliphatic heterocycles. The number of hydrogen-bond acceptors (Lipinski definition) is 3. The van der Waals surface area contributed by atoms with Crippen molar-refractivity contribution in [1.29, 1.82) is 0 Å². The second-order valence-electron chi connectivity index (χ2n) is 2.56. The highest BCUT2D eigenvalue weighted by Gasteiger charge is 2.16. The van der Waals surface area contributed by atoms with Crippen LogP contribution in [0.25, 0.3) is 0 Å². The first-order chi connectivity index (χ1) is 5.42. The quantitative estimate of drug-likeness (QED) is 0.652. The Hall–Kier alpha value is -1.25. The summed E-state index contributed by atoms with van der Waals surface area (Å²) < 4.78 is 0. The molecule has 0 aromatic carbocycles. The maximum atomic E-state index is 4.20. The van der Waals surface area contributed by atoms with Gasteiger partial charge in [-0.25, -0.2) is 4.98 Å². The highest BCUT2D eigenvalue weighted by Crippen LogP contribution is 2.27. The first kappa shape index (κ1) is 6.46. The molecule has 58 valence electrons. The predicted octanol–water partition coefficient (Wildman–Crippen LogP) is 1.29. The molecule has 2 heterocycles. The summed E-state index contributed by atoms with van der Waals surface area (Å²) in [6.45, 7) is 4.07.